The van der Waals surface area contributed by atoms with Crippen LogP contribution in [0, 0.1) is 5.41 Å². The van der Waals surface area contributed by atoms with Gasteiger partial charge in [-0.05, 0) is 25.1 Å². The topological polar surface area (TPSA) is 38.8 Å². The lowest BCUT2D eigenvalue weighted by atomic mass is 9.87. The molecule has 0 spiro atoms. The minimum Gasteiger partial charge on any atom is -0.491 e. The summed E-state index contributed by atoms with van der Waals surface area (Å²) in [6, 6.07) is 5.53. The second-order valence-electron chi connectivity index (χ2n) is 5.38. The van der Waals surface area contributed by atoms with E-state index in [1.807, 2.05) is 24.0 Å². The molecule has 1 saturated heterocycles. The first kappa shape index (κ1) is 12.8. The highest BCUT2D eigenvalue weighted by Gasteiger charge is 2.43. The Morgan fingerprint density at radius 1 is 1.42 bits per heavy atom. The van der Waals surface area contributed by atoms with Crippen LogP contribution in [0.4, 0.5) is 0 Å². The van der Waals surface area contributed by atoms with Gasteiger partial charge in [0, 0.05) is 17.1 Å². The van der Waals surface area contributed by atoms with Crippen LogP contribution in [-0.4, -0.2) is 37.2 Å². The quantitative estimate of drug-likeness (QED) is 0.791. The van der Waals surface area contributed by atoms with Crippen molar-refractivity contribution in [3.05, 3.63) is 28.8 Å². The van der Waals surface area contributed by atoms with Crippen LogP contribution in [0.2, 0.25) is 5.02 Å². The third kappa shape index (κ3) is 2.30. The van der Waals surface area contributed by atoms with Gasteiger partial charge in [0.2, 0.25) is 5.91 Å². The van der Waals surface area contributed by atoms with Gasteiger partial charge >= 0.3 is 0 Å². The Hall–Kier alpha value is -1.26. The number of ether oxygens (including phenoxy) is 2. The largest absolute Gasteiger partial charge is 0.491 e. The van der Waals surface area contributed by atoms with Crippen molar-refractivity contribution in [2.75, 3.05) is 26.4 Å². The standard InChI is InChI=1S/C14H16ClNO3/c1-14(8-18-9-14)13(17)16-4-5-19-12-3-2-11(15)6-10(12)7-16/h2-3,6H,4-5,7-9H2,1H3. The maximum absolute atomic E-state index is 12.5. The SMILES string of the molecule is CC1(C(=O)N2CCOc3ccc(Cl)cc3C2)COC1. The lowest BCUT2D eigenvalue weighted by Gasteiger charge is -2.39. The van der Waals surface area contributed by atoms with Crippen LogP contribution in [0.1, 0.15) is 12.5 Å². The molecule has 102 valence electrons. The van der Waals surface area contributed by atoms with Gasteiger partial charge in [0.25, 0.3) is 0 Å². The molecule has 1 aromatic rings. The van der Waals surface area contributed by atoms with E-state index in [2.05, 4.69) is 0 Å². The molecule has 0 bridgehead atoms. The maximum Gasteiger partial charge on any atom is 0.233 e. The zero-order valence-electron chi connectivity index (χ0n) is 10.8. The molecule has 5 heteroatoms. The van der Waals surface area contributed by atoms with E-state index in [-0.39, 0.29) is 11.3 Å². The van der Waals surface area contributed by atoms with E-state index in [0.29, 0.717) is 37.9 Å². The first-order valence-corrected chi connectivity index (χ1v) is 6.75. The van der Waals surface area contributed by atoms with E-state index in [1.54, 1.807) is 6.07 Å². The number of carbonyl (C=O) groups excluding carboxylic acids is 1. The Morgan fingerprint density at radius 3 is 2.89 bits per heavy atom. The van der Waals surface area contributed by atoms with Gasteiger partial charge in [-0.3, -0.25) is 4.79 Å². The van der Waals surface area contributed by atoms with Gasteiger partial charge in [0.15, 0.2) is 0 Å². The molecule has 0 radical (unpaired) electrons. The zero-order chi connectivity index (χ0) is 13.5. The van der Waals surface area contributed by atoms with Crippen LogP contribution >= 0.6 is 11.6 Å². The highest BCUT2D eigenvalue weighted by atomic mass is 35.5. The van der Waals surface area contributed by atoms with Crippen molar-refractivity contribution in [2.45, 2.75) is 13.5 Å². The lowest BCUT2D eigenvalue weighted by Crippen LogP contribution is -2.53. The van der Waals surface area contributed by atoms with Crippen LogP contribution < -0.4 is 4.74 Å². The monoisotopic (exact) mass is 281 g/mol. The number of halogens is 1. The van der Waals surface area contributed by atoms with Crippen LogP contribution in [0.25, 0.3) is 0 Å². The van der Waals surface area contributed by atoms with Crippen molar-refractivity contribution in [3.8, 4) is 5.75 Å². The Bertz CT molecular complexity index is 513. The van der Waals surface area contributed by atoms with Crippen molar-refractivity contribution in [1.29, 1.82) is 0 Å². The fourth-order valence-electron chi connectivity index (χ4n) is 2.45. The van der Waals surface area contributed by atoms with Crippen molar-refractivity contribution in [3.63, 3.8) is 0 Å². The molecule has 0 N–H and O–H groups in total. The molecular formula is C14H16ClNO3. The van der Waals surface area contributed by atoms with E-state index in [4.69, 9.17) is 21.1 Å². The number of amides is 1. The number of nitrogens with zero attached hydrogens (tertiary/aromatic N) is 1. The molecule has 1 aromatic carbocycles. The summed E-state index contributed by atoms with van der Waals surface area (Å²) in [6.45, 7) is 4.61. The van der Waals surface area contributed by atoms with Crippen molar-refractivity contribution in [1.82, 2.24) is 4.90 Å². The molecule has 2 aliphatic rings. The fourth-order valence-corrected chi connectivity index (χ4v) is 2.64. The molecule has 4 nitrogen and oxygen atoms in total. The van der Waals surface area contributed by atoms with Crippen LogP contribution in [0.3, 0.4) is 0 Å². The molecule has 0 aliphatic carbocycles. The van der Waals surface area contributed by atoms with E-state index in [1.165, 1.54) is 0 Å². The average Bonchev–Trinajstić information content (AvgIpc) is 2.56. The number of fused-ring (bicyclic) bond motifs is 1. The first-order valence-electron chi connectivity index (χ1n) is 6.37. The van der Waals surface area contributed by atoms with Gasteiger partial charge in [-0.25, -0.2) is 0 Å². The molecule has 2 heterocycles. The summed E-state index contributed by atoms with van der Waals surface area (Å²) in [6.07, 6.45) is 0. The number of carbonyl (C=O) groups is 1. The third-order valence-electron chi connectivity index (χ3n) is 3.65. The number of benzene rings is 1. The summed E-state index contributed by atoms with van der Waals surface area (Å²) < 4.78 is 10.8. The van der Waals surface area contributed by atoms with Gasteiger partial charge in [0.05, 0.1) is 25.2 Å². The summed E-state index contributed by atoms with van der Waals surface area (Å²) in [5.41, 5.74) is 0.588. The van der Waals surface area contributed by atoms with E-state index < -0.39 is 0 Å². The number of rotatable bonds is 1. The van der Waals surface area contributed by atoms with Crippen molar-refractivity contribution >= 4 is 17.5 Å². The molecule has 1 fully saturated rings. The van der Waals surface area contributed by atoms with Gasteiger partial charge < -0.3 is 14.4 Å². The summed E-state index contributed by atoms with van der Waals surface area (Å²) >= 11 is 6.01. The van der Waals surface area contributed by atoms with Gasteiger partial charge in [-0.2, -0.15) is 0 Å². The zero-order valence-corrected chi connectivity index (χ0v) is 11.6. The highest BCUT2D eigenvalue weighted by Crippen LogP contribution is 2.32. The molecular weight excluding hydrogens is 266 g/mol. The summed E-state index contributed by atoms with van der Waals surface area (Å²) in [7, 11) is 0. The second-order valence-corrected chi connectivity index (χ2v) is 5.82. The van der Waals surface area contributed by atoms with Crippen LogP contribution in [-0.2, 0) is 16.1 Å². The summed E-state index contributed by atoms with van der Waals surface area (Å²) in [5.74, 6) is 0.949. The Morgan fingerprint density at radius 2 is 2.21 bits per heavy atom. The normalized spacial score (nSPS) is 20.8. The van der Waals surface area contributed by atoms with Gasteiger partial charge in [0.1, 0.15) is 12.4 Å². The maximum atomic E-state index is 12.5. The molecule has 0 atom stereocenters. The van der Waals surface area contributed by atoms with E-state index >= 15 is 0 Å². The average molecular weight is 282 g/mol. The van der Waals surface area contributed by atoms with Crippen molar-refractivity contribution < 1.29 is 14.3 Å². The lowest BCUT2D eigenvalue weighted by molar-refractivity contribution is -0.169. The van der Waals surface area contributed by atoms with Crippen LogP contribution in [0.5, 0.6) is 5.75 Å². The van der Waals surface area contributed by atoms with Gasteiger partial charge in [-0.15, -0.1) is 0 Å². The molecule has 2 aliphatic heterocycles. The fraction of sp³-hybridized carbons (Fsp3) is 0.500. The van der Waals surface area contributed by atoms with E-state index in [0.717, 1.165) is 11.3 Å². The Labute approximate surface area is 117 Å². The summed E-state index contributed by atoms with van der Waals surface area (Å²) in [5, 5.41) is 0.662. The minimum absolute atomic E-state index is 0.134. The minimum atomic E-state index is -0.372. The number of hydrogen-bond donors (Lipinski definition) is 0. The molecule has 0 saturated carbocycles. The predicted molar refractivity (Wildman–Crippen MR) is 71.3 cm³/mol. The van der Waals surface area contributed by atoms with E-state index in [9.17, 15) is 4.79 Å². The smallest absolute Gasteiger partial charge is 0.233 e. The molecule has 0 aromatic heterocycles. The molecule has 19 heavy (non-hydrogen) atoms. The number of hydrogen-bond acceptors (Lipinski definition) is 3. The van der Waals surface area contributed by atoms with Gasteiger partial charge in [-0.1, -0.05) is 11.6 Å². The second kappa shape index (κ2) is 4.69. The first-order chi connectivity index (χ1) is 9.08. The summed E-state index contributed by atoms with van der Waals surface area (Å²) in [4.78, 5) is 14.3. The molecule has 1 amide bonds. The predicted octanol–water partition coefficient (Wildman–Crippen LogP) is 2.10. The van der Waals surface area contributed by atoms with Crippen molar-refractivity contribution in [2.24, 2.45) is 5.41 Å². The molecule has 0 unspecified atom stereocenters. The Kier molecular flexibility index (Phi) is 3.15. The third-order valence-corrected chi connectivity index (χ3v) is 3.88. The molecule has 3 rings (SSSR count). The Balaban J connectivity index is 1.83. The van der Waals surface area contributed by atoms with Crippen LogP contribution in [0.15, 0.2) is 18.2 Å². The highest BCUT2D eigenvalue weighted by molar-refractivity contribution is 6.30.